The third-order valence-corrected chi connectivity index (χ3v) is 7.30. The van der Waals surface area contributed by atoms with E-state index in [9.17, 15) is 9.59 Å². The zero-order valence-corrected chi connectivity index (χ0v) is 15.4. The van der Waals surface area contributed by atoms with E-state index in [-0.39, 0.29) is 17.8 Å². The number of nitrogens with zero attached hydrogens (tertiary/aromatic N) is 1. The van der Waals surface area contributed by atoms with Crippen molar-refractivity contribution in [2.45, 2.75) is 44.7 Å². The summed E-state index contributed by atoms with van der Waals surface area (Å²) in [6.45, 7) is 4.52. The van der Waals surface area contributed by atoms with E-state index in [2.05, 4.69) is 31.0 Å². The Morgan fingerprint density at radius 1 is 1.27 bits per heavy atom. The van der Waals surface area contributed by atoms with Crippen molar-refractivity contribution < 1.29 is 14.3 Å². The molecule has 5 atom stereocenters. The van der Waals surface area contributed by atoms with E-state index in [1.807, 2.05) is 17.0 Å². The van der Waals surface area contributed by atoms with Gasteiger partial charge in [0.15, 0.2) is 0 Å². The van der Waals surface area contributed by atoms with Gasteiger partial charge in [-0.25, -0.2) is 4.79 Å². The number of fused-ring (bicyclic) bond motifs is 3. The highest BCUT2D eigenvalue weighted by atomic mass is 16.5. The van der Waals surface area contributed by atoms with E-state index in [4.69, 9.17) is 4.74 Å². The molecule has 1 aromatic heterocycles. The summed E-state index contributed by atoms with van der Waals surface area (Å²) in [5.41, 5.74) is 3.03. The molecule has 1 amide bonds. The molecule has 1 aliphatic carbocycles. The lowest BCUT2D eigenvalue weighted by atomic mass is 9.76. The number of H-pyrrole nitrogens is 1. The summed E-state index contributed by atoms with van der Waals surface area (Å²) in [7, 11) is 1.41. The maximum Gasteiger partial charge on any atom is 0.328 e. The number of rotatable bonds is 1. The molecule has 5 rings (SSSR count). The molecule has 1 aromatic carbocycles. The Kier molecular flexibility index (Phi) is 3.13. The van der Waals surface area contributed by atoms with Crippen LogP contribution >= 0.6 is 0 Å². The van der Waals surface area contributed by atoms with E-state index in [0.29, 0.717) is 24.7 Å². The number of aromatic nitrogens is 1. The Balaban J connectivity index is 1.81. The Labute approximate surface area is 152 Å². The largest absolute Gasteiger partial charge is 0.467 e. The molecule has 2 fully saturated rings. The van der Waals surface area contributed by atoms with Gasteiger partial charge in [0.2, 0.25) is 5.91 Å². The number of ether oxygens (including phenoxy) is 1. The van der Waals surface area contributed by atoms with Crippen LogP contribution in [0.25, 0.3) is 10.9 Å². The number of carbonyl (C=O) groups is 2. The zero-order chi connectivity index (χ0) is 18.2. The van der Waals surface area contributed by atoms with Gasteiger partial charge in [-0.15, -0.1) is 0 Å². The van der Waals surface area contributed by atoms with Gasteiger partial charge in [0.1, 0.15) is 6.04 Å². The van der Waals surface area contributed by atoms with Crippen molar-refractivity contribution in [1.82, 2.24) is 9.88 Å². The van der Waals surface area contributed by atoms with E-state index >= 15 is 0 Å². The number of amides is 1. The number of esters is 1. The molecular formula is C21H24N2O3. The van der Waals surface area contributed by atoms with Crippen LogP contribution in [0.4, 0.5) is 0 Å². The van der Waals surface area contributed by atoms with Crippen LogP contribution in [0.1, 0.15) is 37.9 Å². The van der Waals surface area contributed by atoms with E-state index in [1.54, 1.807) is 0 Å². The summed E-state index contributed by atoms with van der Waals surface area (Å²) in [5.74, 6) is 0.977. The molecule has 2 aromatic rings. The number of hydrogen-bond acceptors (Lipinski definition) is 3. The molecule has 26 heavy (non-hydrogen) atoms. The maximum atomic E-state index is 13.0. The van der Waals surface area contributed by atoms with Crippen molar-refractivity contribution in [3.8, 4) is 0 Å². The smallest absolute Gasteiger partial charge is 0.328 e. The van der Waals surface area contributed by atoms with Crippen LogP contribution in [0.5, 0.6) is 0 Å². The van der Waals surface area contributed by atoms with Gasteiger partial charge in [-0.05, 0) is 35.8 Å². The van der Waals surface area contributed by atoms with Crippen molar-refractivity contribution in [3.63, 3.8) is 0 Å². The van der Waals surface area contributed by atoms with Gasteiger partial charge in [-0.1, -0.05) is 32.0 Å². The van der Waals surface area contributed by atoms with E-state index in [0.717, 1.165) is 23.0 Å². The van der Waals surface area contributed by atoms with Gasteiger partial charge in [-0.3, -0.25) is 4.79 Å². The molecule has 0 radical (unpaired) electrons. The molecule has 1 spiro atoms. The first-order chi connectivity index (χ1) is 12.5. The molecule has 1 N–H and O–H groups in total. The predicted octanol–water partition coefficient (Wildman–Crippen LogP) is 2.99. The molecule has 3 aliphatic rings. The van der Waals surface area contributed by atoms with Gasteiger partial charge in [0.05, 0.1) is 12.6 Å². The van der Waals surface area contributed by atoms with Crippen LogP contribution in [0.2, 0.25) is 0 Å². The maximum absolute atomic E-state index is 13.0. The Morgan fingerprint density at radius 3 is 2.81 bits per heavy atom. The summed E-state index contributed by atoms with van der Waals surface area (Å²) in [6.07, 6.45) is 1.95. The Morgan fingerprint density at radius 2 is 2.04 bits per heavy atom. The number of carbonyl (C=O) groups excluding carboxylic acids is 2. The molecule has 0 bridgehead atoms. The van der Waals surface area contributed by atoms with Crippen LogP contribution in [-0.2, 0) is 26.3 Å². The summed E-state index contributed by atoms with van der Waals surface area (Å²) >= 11 is 0. The number of para-hydroxylation sites is 1. The second-order valence-electron chi connectivity index (χ2n) is 8.31. The molecule has 2 aliphatic heterocycles. The normalized spacial score (nSPS) is 35.3. The van der Waals surface area contributed by atoms with Gasteiger partial charge in [0.25, 0.3) is 0 Å². The van der Waals surface area contributed by atoms with Crippen molar-refractivity contribution in [1.29, 1.82) is 0 Å². The first-order valence-corrected chi connectivity index (χ1v) is 9.49. The van der Waals surface area contributed by atoms with Crippen LogP contribution < -0.4 is 0 Å². The summed E-state index contributed by atoms with van der Waals surface area (Å²) in [4.78, 5) is 31.2. The minimum Gasteiger partial charge on any atom is -0.467 e. The van der Waals surface area contributed by atoms with Crippen molar-refractivity contribution in [3.05, 3.63) is 35.5 Å². The van der Waals surface area contributed by atoms with Crippen molar-refractivity contribution in [2.24, 2.45) is 17.8 Å². The number of hydrogen-bond donors (Lipinski definition) is 1. The quantitative estimate of drug-likeness (QED) is 0.803. The molecule has 136 valence electrons. The van der Waals surface area contributed by atoms with Gasteiger partial charge in [0, 0.05) is 29.4 Å². The third kappa shape index (κ3) is 1.71. The number of benzene rings is 1. The number of methoxy groups -OCH3 is 1. The minimum absolute atomic E-state index is 0.0912. The second kappa shape index (κ2) is 5.12. The minimum atomic E-state index is -0.526. The lowest BCUT2D eigenvalue weighted by Gasteiger charge is -2.46. The van der Waals surface area contributed by atoms with Crippen LogP contribution in [0.3, 0.4) is 0 Å². The van der Waals surface area contributed by atoms with Gasteiger partial charge >= 0.3 is 5.97 Å². The highest BCUT2D eigenvalue weighted by Gasteiger charge is 2.66. The molecule has 1 saturated carbocycles. The SMILES string of the molecule is COC(=O)[C@@H]1Cc2c([nH]c3ccccc23)[C@@]23C[C@H](C)[C@@H](C)[C@@H]2CC(=O)N13. The molecule has 5 heteroatoms. The van der Waals surface area contributed by atoms with E-state index in [1.165, 1.54) is 12.7 Å². The average Bonchev–Trinajstić information content (AvgIpc) is 3.23. The molecular weight excluding hydrogens is 328 g/mol. The molecule has 5 nitrogen and oxygen atoms in total. The first-order valence-electron chi connectivity index (χ1n) is 9.49. The fourth-order valence-electron chi connectivity index (χ4n) is 6.05. The number of nitrogens with one attached hydrogen (secondary N) is 1. The van der Waals surface area contributed by atoms with Gasteiger partial charge in [-0.2, -0.15) is 0 Å². The second-order valence-corrected chi connectivity index (χ2v) is 8.31. The molecule has 3 heterocycles. The zero-order valence-electron chi connectivity index (χ0n) is 15.4. The Hall–Kier alpha value is -2.30. The summed E-state index contributed by atoms with van der Waals surface area (Å²) in [5, 5.41) is 1.16. The van der Waals surface area contributed by atoms with Crippen LogP contribution in [0.15, 0.2) is 24.3 Å². The monoisotopic (exact) mass is 352 g/mol. The fourth-order valence-corrected chi connectivity index (χ4v) is 6.05. The summed E-state index contributed by atoms with van der Waals surface area (Å²) < 4.78 is 5.11. The molecule has 1 saturated heterocycles. The van der Waals surface area contributed by atoms with Crippen LogP contribution in [-0.4, -0.2) is 34.9 Å². The fraction of sp³-hybridized carbons (Fsp3) is 0.524. The van der Waals surface area contributed by atoms with Crippen molar-refractivity contribution in [2.75, 3.05) is 7.11 Å². The Bertz CT molecular complexity index is 932. The van der Waals surface area contributed by atoms with Crippen LogP contribution in [0, 0.1) is 17.8 Å². The standard InChI is InChI=1S/C21H24N2O3/c1-11-10-21-15(12(11)2)9-18(24)23(21)17(20(25)26-3)8-14-13-6-4-5-7-16(13)22-19(14)21/h4-7,11-12,15,17,22H,8-10H2,1-3H3/t11-,12+,15-,17-,21+/m0/s1. The number of aromatic amines is 1. The highest BCUT2D eigenvalue weighted by molar-refractivity contribution is 5.92. The summed E-state index contributed by atoms with van der Waals surface area (Å²) in [6, 6.07) is 7.72. The average molecular weight is 352 g/mol. The lowest BCUT2D eigenvalue weighted by Crippen LogP contribution is -2.57. The predicted molar refractivity (Wildman–Crippen MR) is 97.4 cm³/mol. The van der Waals surface area contributed by atoms with E-state index < -0.39 is 11.6 Å². The lowest BCUT2D eigenvalue weighted by molar-refractivity contribution is -0.157. The first kappa shape index (κ1) is 15.9. The van der Waals surface area contributed by atoms with Gasteiger partial charge < -0.3 is 14.6 Å². The highest BCUT2D eigenvalue weighted by Crippen LogP contribution is 2.62. The van der Waals surface area contributed by atoms with Crippen molar-refractivity contribution >= 4 is 22.8 Å². The molecule has 0 unspecified atom stereocenters. The topological polar surface area (TPSA) is 62.4 Å². The third-order valence-electron chi connectivity index (χ3n) is 7.30.